The molecule has 0 radical (unpaired) electrons. The van der Waals surface area contributed by atoms with Gasteiger partial charge in [0.15, 0.2) is 0 Å². The third-order valence-electron chi connectivity index (χ3n) is 3.82. The lowest BCUT2D eigenvalue weighted by Crippen LogP contribution is -2.48. The molecule has 2 rings (SSSR count). The van der Waals surface area contributed by atoms with E-state index < -0.39 is 0 Å². The second-order valence-corrected chi connectivity index (χ2v) is 6.86. The summed E-state index contributed by atoms with van der Waals surface area (Å²) in [4.78, 5) is 15.4. The number of hydrogen-bond acceptors (Lipinski definition) is 3. The molecule has 110 valence electrons. The molecule has 1 amide bonds. The van der Waals surface area contributed by atoms with Gasteiger partial charge in [-0.05, 0) is 51.3 Å². The molecule has 1 saturated heterocycles. The number of carbonyl (C=O) groups is 1. The molecule has 1 aromatic carbocycles. The van der Waals surface area contributed by atoms with Crippen LogP contribution in [0.2, 0.25) is 5.02 Å². The number of likely N-dealkylation sites (tertiary alicyclic amines) is 1. The maximum Gasteiger partial charge on any atom is 0.233 e. The first kappa shape index (κ1) is 15.5. The molecule has 0 spiro atoms. The first-order valence-electron chi connectivity index (χ1n) is 6.98. The van der Waals surface area contributed by atoms with Crippen molar-refractivity contribution in [3.8, 4) is 0 Å². The number of hydrogen-bond donors (Lipinski definition) is 1. The lowest BCUT2D eigenvalue weighted by Gasteiger charge is -2.39. The van der Waals surface area contributed by atoms with E-state index in [4.69, 9.17) is 17.3 Å². The van der Waals surface area contributed by atoms with E-state index in [0.29, 0.717) is 28.5 Å². The van der Waals surface area contributed by atoms with Crippen molar-refractivity contribution in [1.82, 2.24) is 4.90 Å². The van der Waals surface area contributed by atoms with Gasteiger partial charge in [-0.15, -0.1) is 11.8 Å². The predicted molar refractivity (Wildman–Crippen MR) is 86.2 cm³/mol. The van der Waals surface area contributed by atoms with Gasteiger partial charge in [-0.1, -0.05) is 11.6 Å². The van der Waals surface area contributed by atoms with Crippen LogP contribution in [0, 0.1) is 0 Å². The molecular weight excluding hydrogens is 292 g/mol. The number of thioether (sulfide) groups is 1. The number of piperidine rings is 1. The Morgan fingerprint density at radius 1 is 1.40 bits per heavy atom. The van der Waals surface area contributed by atoms with Crippen molar-refractivity contribution in [2.45, 2.75) is 50.1 Å². The summed E-state index contributed by atoms with van der Waals surface area (Å²) in [5.74, 6) is 0.664. The molecule has 1 aliphatic rings. The van der Waals surface area contributed by atoms with Crippen molar-refractivity contribution in [3.05, 3.63) is 23.2 Å². The summed E-state index contributed by atoms with van der Waals surface area (Å²) in [5, 5.41) is 0.544. The Balaban J connectivity index is 1.95. The minimum atomic E-state index is 0.211. The molecule has 2 N–H and O–H groups in total. The average molecular weight is 313 g/mol. The third kappa shape index (κ3) is 3.61. The first-order valence-corrected chi connectivity index (χ1v) is 8.34. The van der Waals surface area contributed by atoms with Crippen molar-refractivity contribution in [1.29, 1.82) is 0 Å². The highest BCUT2D eigenvalue weighted by molar-refractivity contribution is 8.00. The minimum absolute atomic E-state index is 0.211. The highest BCUT2D eigenvalue weighted by Crippen LogP contribution is 2.28. The van der Waals surface area contributed by atoms with Crippen molar-refractivity contribution >= 4 is 35.0 Å². The predicted octanol–water partition coefficient (Wildman–Crippen LogP) is 3.80. The van der Waals surface area contributed by atoms with E-state index in [2.05, 4.69) is 13.8 Å². The number of carbonyl (C=O) groups excluding carboxylic acids is 1. The van der Waals surface area contributed by atoms with Gasteiger partial charge in [-0.3, -0.25) is 4.79 Å². The normalized spacial score (nSPS) is 22.9. The van der Waals surface area contributed by atoms with Crippen molar-refractivity contribution < 1.29 is 4.79 Å². The quantitative estimate of drug-likeness (QED) is 0.682. The van der Waals surface area contributed by atoms with Crippen LogP contribution in [-0.2, 0) is 4.79 Å². The molecule has 2 unspecified atom stereocenters. The van der Waals surface area contributed by atoms with Crippen LogP contribution in [0.15, 0.2) is 23.1 Å². The average Bonchev–Trinajstić information content (AvgIpc) is 2.40. The maximum absolute atomic E-state index is 12.4. The summed E-state index contributed by atoms with van der Waals surface area (Å²) in [6.45, 7) is 4.27. The SMILES string of the molecule is CC1CCCC(C)N1C(=O)CSc1ccc(N)c(Cl)c1. The highest BCUT2D eigenvalue weighted by atomic mass is 35.5. The highest BCUT2D eigenvalue weighted by Gasteiger charge is 2.28. The lowest BCUT2D eigenvalue weighted by molar-refractivity contribution is -0.134. The molecule has 0 aliphatic carbocycles. The fourth-order valence-corrected chi connectivity index (χ4v) is 3.78. The van der Waals surface area contributed by atoms with Gasteiger partial charge in [0.25, 0.3) is 0 Å². The standard InChI is InChI=1S/C15H21ClN2OS/c1-10-4-3-5-11(2)18(10)15(19)9-20-12-6-7-14(17)13(16)8-12/h6-8,10-11H,3-5,9,17H2,1-2H3. The van der Waals surface area contributed by atoms with Crippen molar-refractivity contribution in [2.75, 3.05) is 11.5 Å². The molecule has 3 nitrogen and oxygen atoms in total. The molecule has 2 atom stereocenters. The Kier molecular flexibility index (Phi) is 5.22. The van der Waals surface area contributed by atoms with Crippen LogP contribution < -0.4 is 5.73 Å². The summed E-state index contributed by atoms with van der Waals surface area (Å²) in [6.07, 6.45) is 3.43. The molecule has 0 bridgehead atoms. The molecule has 0 saturated carbocycles. The molecule has 0 aromatic heterocycles. The molecule has 20 heavy (non-hydrogen) atoms. The number of nitrogens with zero attached hydrogens (tertiary/aromatic N) is 1. The zero-order valence-corrected chi connectivity index (χ0v) is 13.5. The van der Waals surface area contributed by atoms with Gasteiger partial charge in [0.2, 0.25) is 5.91 Å². The van der Waals surface area contributed by atoms with Crippen molar-refractivity contribution in [3.63, 3.8) is 0 Å². The molecule has 5 heteroatoms. The Morgan fingerprint density at radius 2 is 2.05 bits per heavy atom. The first-order chi connectivity index (χ1) is 9.49. The number of benzene rings is 1. The minimum Gasteiger partial charge on any atom is -0.398 e. The second-order valence-electron chi connectivity index (χ2n) is 5.40. The van der Waals surface area contributed by atoms with Crippen LogP contribution in [0.5, 0.6) is 0 Å². The number of rotatable bonds is 3. The lowest BCUT2D eigenvalue weighted by atomic mass is 9.98. The molecule has 1 aliphatic heterocycles. The Labute approximate surface area is 129 Å². The van der Waals surface area contributed by atoms with E-state index in [1.165, 1.54) is 18.2 Å². The van der Waals surface area contributed by atoms with Crippen LogP contribution in [0.1, 0.15) is 33.1 Å². The topological polar surface area (TPSA) is 46.3 Å². The summed E-state index contributed by atoms with van der Waals surface area (Å²) in [5.41, 5.74) is 6.25. The van der Waals surface area contributed by atoms with Gasteiger partial charge in [-0.25, -0.2) is 0 Å². The van der Waals surface area contributed by atoms with Gasteiger partial charge < -0.3 is 10.6 Å². The molecular formula is C15H21ClN2OS. The number of halogens is 1. The number of amides is 1. The van der Waals surface area contributed by atoms with Gasteiger partial charge in [0.1, 0.15) is 0 Å². The van der Waals surface area contributed by atoms with E-state index in [9.17, 15) is 4.79 Å². The van der Waals surface area contributed by atoms with Crippen LogP contribution in [-0.4, -0.2) is 28.6 Å². The van der Waals surface area contributed by atoms with Crippen LogP contribution in [0.3, 0.4) is 0 Å². The molecule has 1 fully saturated rings. The van der Waals surface area contributed by atoms with Crippen molar-refractivity contribution in [2.24, 2.45) is 0 Å². The third-order valence-corrected chi connectivity index (χ3v) is 5.12. The Morgan fingerprint density at radius 3 is 2.65 bits per heavy atom. The largest absolute Gasteiger partial charge is 0.398 e. The van der Waals surface area contributed by atoms with Gasteiger partial charge in [-0.2, -0.15) is 0 Å². The maximum atomic E-state index is 12.4. The zero-order valence-electron chi connectivity index (χ0n) is 11.9. The molecule has 1 aromatic rings. The number of nitrogens with two attached hydrogens (primary N) is 1. The van der Waals surface area contributed by atoms with E-state index in [1.807, 2.05) is 17.0 Å². The summed E-state index contributed by atoms with van der Waals surface area (Å²) >= 11 is 7.51. The van der Waals surface area contributed by atoms with Gasteiger partial charge in [0, 0.05) is 17.0 Å². The van der Waals surface area contributed by atoms with Gasteiger partial charge >= 0.3 is 0 Å². The zero-order chi connectivity index (χ0) is 14.7. The fourth-order valence-electron chi connectivity index (χ4n) is 2.73. The smallest absolute Gasteiger partial charge is 0.233 e. The number of anilines is 1. The van der Waals surface area contributed by atoms with E-state index in [1.54, 1.807) is 6.07 Å². The Bertz CT molecular complexity index is 485. The van der Waals surface area contributed by atoms with E-state index >= 15 is 0 Å². The van der Waals surface area contributed by atoms with E-state index in [0.717, 1.165) is 17.7 Å². The summed E-state index contributed by atoms with van der Waals surface area (Å²) in [7, 11) is 0. The second kappa shape index (κ2) is 6.72. The summed E-state index contributed by atoms with van der Waals surface area (Å²) in [6, 6.07) is 6.20. The van der Waals surface area contributed by atoms with Crippen LogP contribution in [0.4, 0.5) is 5.69 Å². The van der Waals surface area contributed by atoms with Gasteiger partial charge in [0.05, 0.1) is 16.5 Å². The Hall–Kier alpha value is -0.870. The number of nitrogen functional groups attached to an aromatic ring is 1. The molecule has 1 heterocycles. The summed E-state index contributed by atoms with van der Waals surface area (Å²) < 4.78 is 0. The monoisotopic (exact) mass is 312 g/mol. The fraction of sp³-hybridized carbons (Fsp3) is 0.533. The van der Waals surface area contributed by atoms with Crippen LogP contribution in [0.25, 0.3) is 0 Å². The van der Waals surface area contributed by atoms with Crippen LogP contribution >= 0.6 is 23.4 Å². The van der Waals surface area contributed by atoms with E-state index in [-0.39, 0.29) is 5.91 Å².